The maximum Gasteiger partial charge on any atom is 0.182 e. The normalized spacial score (nSPS) is 22.2. The minimum absolute atomic E-state index is 0.0815. The third kappa shape index (κ3) is 4.24. The molecule has 0 bridgehead atoms. The lowest BCUT2D eigenvalue weighted by Gasteiger charge is -2.30. The van der Waals surface area contributed by atoms with Crippen LogP contribution in [-0.4, -0.2) is 39.8 Å². The lowest BCUT2D eigenvalue weighted by Crippen LogP contribution is -2.39. The van der Waals surface area contributed by atoms with Crippen LogP contribution in [0.15, 0.2) is 47.3 Å². The first-order chi connectivity index (χ1) is 16.2. The summed E-state index contributed by atoms with van der Waals surface area (Å²) in [6.45, 7) is 4.90. The summed E-state index contributed by atoms with van der Waals surface area (Å²) >= 11 is 12.8. The van der Waals surface area contributed by atoms with Crippen molar-refractivity contribution in [3.05, 3.63) is 91.1 Å². The number of fused-ring (bicyclic) bond motifs is 1. The summed E-state index contributed by atoms with van der Waals surface area (Å²) in [5, 5.41) is 11.2. The van der Waals surface area contributed by atoms with Crippen LogP contribution >= 0.6 is 23.2 Å². The Morgan fingerprint density at radius 2 is 1.82 bits per heavy atom. The summed E-state index contributed by atoms with van der Waals surface area (Å²) in [5.41, 5.74) is 3.76. The van der Waals surface area contributed by atoms with E-state index >= 15 is 4.39 Å². The van der Waals surface area contributed by atoms with Gasteiger partial charge in [0, 0.05) is 64.0 Å². The fourth-order valence-electron chi connectivity index (χ4n) is 5.28. The lowest BCUT2D eigenvalue weighted by atomic mass is 10.1. The van der Waals surface area contributed by atoms with Gasteiger partial charge in [-0.05, 0) is 56.5 Å². The molecule has 1 N–H and O–H groups in total. The Morgan fingerprint density at radius 1 is 1.09 bits per heavy atom. The van der Waals surface area contributed by atoms with E-state index in [9.17, 15) is 9.90 Å². The predicted molar refractivity (Wildman–Crippen MR) is 131 cm³/mol. The molecule has 3 atom stereocenters. The molecule has 5 rings (SSSR count). The third-order valence-electron chi connectivity index (χ3n) is 6.76. The van der Waals surface area contributed by atoms with Crippen molar-refractivity contribution in [1.29, 1.82) is 0 Å². The number of benzene rings is 2. The van der Waals surface area contributed by atoms with Gasteiger partial charge in [0.1, 0.15) is 6.10 Å². The molecule has 1 saturated heterocycles. The number of nitrogens with zero attached hydrogens (tertiary/aromatic N) is 2. The van der Waals surface area contributed by atoms with E-state index in [1.807, 2.05) is 24.5 Å². The first kappa shape index (κ1) is 23.4. The van der Waals surface area contributed by atoms with Crippen molar-refractivity contribution in [2.75, 3.05) is 13.1 Å². The van der Waals surface area contributed by atoms with Crippen LogP contribution in [0, 0.1) is 19.7 Å². The molecule has 1 aliphatic heterocycles. The van der Waals surface area contributed by atoms with E-state index in [0.717, 1.165) is 29.1 Å². The van der Waals surface area contributed by atoms with E-state index in [4.69, 9.17) is 27.9 Å². The molecule has 1 fully saturated rings. The zero-order valence-electron chi connectivity index (χ0n) is 18.9. The van der Waals surface area contributed by atoms with Gasteiger partial charge in [0.15, 0.2) is 17.0 Å². The average molecular weight is 503 g/mol. The van der Waals surface area contributed by atoms with Gasteiger partial charge in [0.2, 0.25) is 0 Å². The molecule has 0 amide bonds. The molecule has 2 aromatic carbocycles. The minimum atomic E-state index is -0.503. The Hall–Kier alpha value is -2.38. The number of hydrogen-bond donors (Lipinski definition) is 1. The number of aliphatic hydroxyl groups is 1. The van der Waals surface area contributed by atoms with Gasteiger partial charge >= 0.3 is 0 Å². The zero-order valence-corrected chi connectivity index (χ0v) is 20.4. The number of halogens is 3. The average Bonchev–Trinajstić information content (AvgIpc) is 3.33. The molecule has 8 heteroatoms. The van der Waals surface area contributed by atoms with Crippen LogP contribution in [0.5, 0.6) is 5.75 Å². The highest BCUT2D eigenvalue weighted by Crippen LogP contribution is 2.43. The lowest BCUT2D eigenvalue weighted by molar-refractivity contribution is 0.0790. The second-order valence-corrected chi connectivity index (χ2v) is 9.97. The van der Waals surface area contributed by atoms with Crippen LogP contribution in [0.4, 0.5) is 4.39 Å². The monoisotopic (exact) mass is 502 g/mol. The van der Waals surface area contributed by atoms with Crippen molar-refractivity contribution < 1.29 is 14.2 Å². The second kappa shape index (κ2) is 9.00. The van der Waals surface area contributed by atoms with Gasteiger partial charge in [-0.2, -0.15) is 0 Å². The van der Waals surface area contributed by atoms with Crippen LogP contribution in [0.2, 0.25) is 10.0 Å². The van der Waals surface area contributed by atoms with E-state index in [1.54, 1.807) is 18.2 Å². The standard InChI is InChI=1S/C26H25Cl2FN2O3/c1-14-7-19(33)8-15(2)31(14)17-3-4-25(23(29)11-17)34-26-21-9-16(27)10-22(28)20(21)12-24(26)30-6-5-18(32)13-30/h3-4,7-11,18,24,26,32H,5-6,12-13H2,1-2H3/t18-,24-,26+/m1/s1. The predicted octanol–water partition coefficient (Wildman–Crippen LogP) is 5.01. The maximum absolute atomic E-state index is 15.3. The summed E-state index contributed by atoms with van der Waals surface area (Å²) in [4.78, 5) is 14.0. The van der Waals surface area contributed by atoms with E-state index in [1.165, 1.54) is 18.2 Å². The molecule has 0 spiro atoms. The van der Waals surface area contributed by atoms with Gasteiger partial charge in [-0.1, -0.05) is 23.2 Å². The van der Waals surface area contributed by atoms with Crippen molar-refractivity contribution in [2.45, 2.75) is 44.9 Å². The highest BCUT2D eigenvalue weighted by molar-refractivity contribution is 6.35. The van der Waals surface area contributed by atoms with Crippen LogP contribution < -0.4 is 10.2 Å². The molecule has 0 saturated carbocycles. The number of likely N-dealkylation sites (tertiary alicyclic amines) is 1. The quantitative estimate of drug-likeness (QED) is 0.544. The summed E-state index contributed by atoms with van der Waals surface area (Å²) in [6, 6.07) is 11.3. The van der Waals surface area contributed by atoms with Gasteiger partial charge in [0.05, 0.1) is 12.1 Å². The third-order valence-corrected chi connectivity index (χ3v) is 7.32. The fraction of sp³-hybridized carbons (Fsp3) is 0.346. The highest BCUT2D eigenvalue weighted by atomic mass is 35.5. The smallest absolute Gasteiger partial charge is 0.182 e. The van der Waals surface area contributed by atoms with E-state index in [-0.39, 0.29) is 23.3 Å². The summed E-state index contributed by atoms with van der Waals surface area (Å²) in [7, 11) is 0. The van der Waals surface area contributed by atoms with Gasteiger partial charge < -0.3 is 14.4 Å². The second-order valence-electron chi connectivity index (χ2n) is 9.13. The number of pyridine rings is 1. The summed E-state index contributed by atoms with van der Waals surface area (Å²) in [6.07, 6.45) is 0.462. The summed E-state index contributed by atoms with van der Waals surface area (Å²) < 4.78 is 23.5. The van der Waals surface area contributed by atoms with E-state index < -0.39 is 11.9 Å². The Balaban J connectivity index is 1.50. The Labute approximate surface area is 207 Å². The number of β-amino-alcohol motifs (C(OH)–C–C–N with tert-alkyl or cyclic N) is 1. The van der Waals surface area contributed by atoms with Crippen LogP contribution in [0.1, 0.15) is 35.0 Å². The largest absolute Gasteiger partial charge is 0.481 e. The maximum atomic E-state index is 15.3. The molecule has 2 aliphatic rings. The van der Waals surface area contributed by atoms with Gasteiger partial charge in [-0.25, -0.2) is 4.39 Å². The molecule has 34 heavy (non-hydrogen) atoms. The first-order valence-electron chi connectivity index (χ1n) is 11.3. The zero-order chi connectivity index (χ0) is 24.1. The van der Waals surface area contributed by atoms with Crippen LogP contribution in [0.3, 0.4) is 0 Å². The van der Waals surface area contributed by atoms with E-state index in [2.05, 4.69) is 4.90 Å². The SMILES string of the molecule is Cc1cc(=O)cc(C)n1-c1ccc(O[C@H]2c3cc(Cl)cc(Cl)c3C[C@H]2N2CC[C@@H](O)C2)c(F)c1. The van der Waals surface area contributed by atoms with Crippen LogP contribution in [0.25, 0.3) is 5.69 Å². The fourth-order valence-corrected chi connectivity index (χ4v) is 5.86. The molecule has 3 aromatic rings. The first-order valence-corrected chi connectivity index (χ1v) is 12.0. The van der Waals surface area contributed by atoms with Crippen molar-refractivity contribution >= 4 is 23.2 Å². The molecule has 2 heterocycles. The van der Waals surface area contributed by atoms with E-state index in [0.29, 0.717) is 35.1 Å². The molecular formula is C26H25Cl2FN2O3. The molecular weight excluding hydrogens is 478 g/mol. The molecule has 0 radical (unpaired) electrons. The number of aryl methyl sites for hydroxylation is 2. The topological polar surface area (TPSA) is 54.7 Å². The Bertz CT molecular complexity index is 1300. The Morgan fingerprint density at radius 3 is 2.47 bits per heavy atom. The van der Waals surface area contributed by atoms with Gasteiger partial charge in [-0.15, -0.1) is 0 Å². The van der Waals surface area contributed by atoms with Gasteiger partial charge in [-0.3, -0.25) is 9.69 Å². The van der Waals surface area contributed by atoms with Crippen molar-refractivity contribution in [3.63, 3.8) is 0 Å². The molecule has 0 unspecified atom stereocenters. The number of rotatable bonds is 4. The van der Waals surface area contributed by atoms with Crippen molar-refractivity contribution in [2.24, 2.45) is 0 Å². The number of ether oxygens (including phenoxy) is 1. The number of aliphatic hydroxyl groups excluding tert-OH is 1. The van der Waals surface area contributed by atoms with Crippen molar-refractivity contribution in [3.8, 4) is 11.4 Å². The molecule has 1 aliphatic carbocycles. The molecule has 178 valence electrons. The Kier molecular flexibility index (Phi) is 6.19. The van der Waals surface area contributed by atoms with Gasteiger partial charge in [0.25, 0.3) is 0 Å². The highest BCUT2D eigenvalue weighted by Gasteiger charge is 2.42. The minimum Gasteiger partial charge on any atom is -0.481 e. The van der Waals surface area contributed by atoms with Crippen molar-refractivity contribution in [1.82, 2.24) is 9.47 Å². The molecule has 5 nitrogen and oxygen atoms in total. The summed E-state index contributed by atoms with van der Waals surface area (Å²) in [5.74, 6) is -0.379. The number of hydrogen-bond acceptors (Lipinski definition) is 4. The number of aromatic nitrogens is 1. The van der Waals surface area contributed by atoms with Crippen LogP contribution in [-0.2, 0) is 6.42 Å². The molecule has 1 aromatic heterocycles.